The zero-order chi connectivity index (χ0) is 24.3. The Balaban J connectivity index is 1.63. The molecule has 0 spiro atoms. The van der Waals surface area contributed by atoms with Gasteiger partial charge < -0.3 is 24.4 Å². The summed E-state index contributed by atoms with van der Waals surface area (Å²) < 4.78 is 17.3. The highest BCUT2D eigenvalue weighted by Gasteiger charge is 2.36. The summed E-state index contributed by atoms with van der Waals surface area (Å²) in [4.78, 5) is 39.9. The number of amides is 2. The molecule has 1 aliphatic heterocycles. The molecular formula is C25H29BrN2O6. The largest absolute Gasteiger partial charge is 0.493 e. The lowest BCUT2D eigenvalue weighted by molar-refractivity contribution is -0.148. The maximum Gasteiger partial charge on any atom is 0.308 e. The van der Waals surface area contributed by atoms with E-state index in [2.05, 4.69) is 28.2 Å². The van der Waals surface area contributed by atoms with Crippen molar-refractivity contribution in [3.63, 3.8) is 0 Å². The summed E-state index contributed by atoms with van der Waals surface area (Å²) in [7, 11) is 0. The maximum absolute atomic E-state index is 13.4. The molecule has 9 heteroatoms. The van der Waals surface area contributed by atoms with Crippen LogP contribution in [0, 0.1) is 0 Å². The van der Waals surface area contributed by atoms with Gasteiger partial charge in [0.1, 0.15) is 30.8 Å². The third-order valence-corrected chi connectivity index (χ3v) is 5.73. The van der Waals surface area contributed by atoms with Crippen LogP contribution in [0.5, 0.6) is 11.5 Å². The molecule has 0 radical (unpaired) electrons. The Hall–Kier alpha value is -3.07. The molecule has 34 heavy (non-hydrogen) atoms. The molecule has 1 heterocycles. The fourth-order valence-corrected chi connectivity index (χ4v) is 3.85. The van der Waals surface area contributed by atoms with E-state index in [-0.39, 0.29) is 38.0 Å². The minimum absolute atomic E-state index is 0.0388. The van der Waals surface area contributed by atoms with Gasteiger partial charge in [-0.05, 0) is 36.8 Å². The summed E-state index contributed by atoms with van der Waals surface area (Å²) in [5.74, 6) is -0.210. The first kappa shape index (κ1) is 25.6. The van der Waals surface area contributed by atoms with Gasteiger partial charge in [0.15, 0.2) is 0 Å². The van der Waals surface area contributed by atoms with Gasteiger partial charge in [0, 0.05) is 17.6 Å². The van der Waals surface area contributed by atoms with Crippen molar-refractivity contribution in [1.82, 2.24) is 10.2 Å². The molecule has 0 aliphatic carbocycles. The lowest BCUT2D eigenvalue weighted by Crippen LogP contribution is -2.57. The molecule has 2 amide bonds. The van der Waals surface area contributed by atoms with E-state index in [4.69, 9.17) is 14.2 Å². The summed E-state index contributed by atoms with van der Waals surface area (Å²) in [6.07, 6.45) is 1.58. The van der Waals surface area contributed by atoms with E-state index in [9.17, 15) is 14.4 Å². The van der Waals surface area contributed by atoms with E-state index in [1.807, 2.05) is 18.2 Å². The number of ether oxygens (including phenoxy) is 3. The number of carbonyl (C=O) groups is 3. The second kappa shape index (κ2) is 13.0. The SMILES string of the molecule is CCCCOc1ccc(Br)cc1C(=O)N1CCNC(=O)C1CC(=O)OCCOc1ccccc1. The number of hydrogen-bond donors (Lipinski definition) is 1. The van der Waals surface area contributed by atoms with Gasteiger partial charge in [0.2, 0.25) is 5.91 Å². The Bertz CT molecular complexity index is 985. The van der Waals surface area contributed by atoms with Crippen LogP contribution in [0.25, 0.3) is 0 Å². The Morgan fingerprint density at radius 2 is 1.88 bits per heavy atom. The minimum Gasteiger partial charge on any atom is -0.493 e. The van der Waals surface area contributed by atoms with Gasteiger partial charge in [-0.25, -0.2) is 0 Å². The predicted octanol–water partition coefficient (Wildman–Crippen LogP) is 3.58. The lowest BCUT2D eigenvalue weighted by atomic mass is 10.1. The van der Waals surface area contributed by atoms with Crippen LogP contribution >= 0.6 is 15.9 Å². The summed E-state index contributed by atoms with van der Waals surface area (Å²) in [6, 6.07) is 13.4. The number of unbranched alkanes of at least 4 members (excludes halogenated alkanes) is 1. The molecule has 8 nitrogen and oxygen atoms in total. The zero-order valence-electron chi connectivity index (χ0n) is 19.1. The van der Waals surface area contributed by atoms with Crippen molar-refractivity contribution >= 4 is 33.7 Å². The first-order chi connectivity index (χ1) is 16.5. The smallest absolute Gasteiger partial charge is 0.308 e. The Morgan fingerprint density at radius 1 is 1.09 bits per heavy atom. The van der Waals surface area contributed by atoms with Crippen LogP contribution in [0.1, 0.15) is 36.5 Å². The van der Waals surface area contributed by atoms with Gasteiger partial charge >= 0.3 is 5.97 Å². The molecule has 3 rings (SSSR count). The predicted molar refractivity (Wildman–Crippen MR) is 130 cm³/mol. The van der Waals surface area contributed by atoms with Crippen LogP contribution in [-0.4, -0.2) is 61.6 Å². The number of esters is 1. The number of rotatable bonds is 11. The van der Waals surface area contributed by atoms with Crippen LogP contribution in [0.15, 0.2) is 53.0 Å². The summed E-state index contributed by atoms with van der Waals surface area (Å²) >= 11 is 3.40. The van der Waals surface area contributed by atoms with Gasteiger partial charge in [-0.15, -0.1) is 0 Å². The highest BCUT2D eigenvalue weighted by molar-refractivity contribution is 9.10. The van der Waals surface area contributed by atoms with Crippen molar-refractivity contribution < 1.29 is 28.6 Å². The van der Waals surface area contributed by atoms with Gasteiger partial charge in [-0.1, -0.05) is 47.5 Å². The van der Waals surface area contributed by atoms with Gasteiger partial charge in [-0.3, -0.25) is 14.4 Å². The van der Waals surface area contributed by atoms with Crippen molar-refractivity contribution in [2.24, 2.45) is 0 Å². The number of carbonyl (C=O) groups excluding carboxylic acids is 3. The highest BCUT2D eigenvalue weighted by Crippen LogP contribution is 2.27. The van der Waals surface area contributed by atoms with Gasteiger partial charge in [0.05, 0.1) is 18.6 Å². The van der Waals surface area contributed by atoms with E-state index in [0.717, 1.165) is 17.3 Å². The molecule has 0 saturated carbocycles. The highest BCUT2D eigenvalue weighted by atomic mass is 79.9. The summed E-state index contributed by atoms with van der Waals surface area (Å²) in [5.41, 5.74) is 0.342. The molecule has 1 aliphatic rings. The number of nitrogens with one attached hydrogen (secondary N) is 1. The number of para-hydroxylation sites is 1. The molecular weight excluding hydrogens is 504 g/mol. The molecule has 2 aromatic carbocycles. The van der Waals surface area contributed by atoms with E-state index in [0.29, 0.717) is 30.2 Å². The van der Waals surface area contributed by atoms with Gasteiger partial charge in [-0.2, -0.15) is 0 Å². The van der Waals surface area contributed by atoms with Crippen molar-refractivity contribution in [3.8, 4) is 11.5 Å². The summed E-state index contributed by atoms with van der Waals surface area (Å²) in [5, 5.41) is 2.72. The van der Waals surface area contributed by atoms with Crippen molar-refractivity contribution in [2.45, 2.75) is 32.2 Å². The fourth-order valence-electron chi connectivity index (χ4n) is 3.49. The summed E-state index contributed by atoms with van der Waals surface area (Å²) in [6.45, 7) is 3.35. The second-order valence-corrected chi connectivity index (χ2v) is 8.65. The number of piperazine rings is 1. The standard InChI is InChI=1S/C25H29BrN2O6/c1-2-3-13-33-22-10-9-18(26)16-20(22)25(31)28-12-11-27-24(30)21(28)17-23(29)34-15-14-32-19-7-5-4-6-8-19/h4-10,16,21H,2-3,11-15,17H2,1H3,(H,27,30). The van der Waals surface area contributed by atoms with Crippen molar-refractivity contribution in [2.75, 3.05) is 32.9 Å². The molecule has 1 N–H and O–H groups in total. The Morgan fingerprint density at radius 3 is 2.65 bits per heavy atom. The molecule has 0 aromatic heterocycles. The van der Waals surface area contributed by atoms with Crippen LogP contribution < -0.4 is 14.8 Å². The minimum atomic E-state index is -0.966. The van der Waals surface area contributed by atoms with E-state index >= 15 is 0 Å². The van der Waals surface area contributed by atoms with Crippen molar-refractivity contribution in [1.29, 1.82) is 0 Å². The molecule has 0 bridgehead atoms. The van der Waals surface area contributed by atoms with E-state index in [1.165, 1.54) is 4.90 Å². The monoisotopic (exact) mass is 532 g/mol. The molecule has 1 fully saturated rings. The first-order valence-electron chi connectivity index (χ1n) is 11.3. The third-order valence-electron chi connectivity index (χ3n) is 5.24. The van der Waals surface area contributed by atoms with Crippen LogP contribution in [0.3, 0.4) is 0 Å². The maximum atomic E-state index is 13.4. The zero-order valence-corrected chi connectivity index (χ0v) is 20.7. The fraction of sp³-hybridized carbons (Fsp3) is 0.400. The quantitative estimate of drug-likeness (QED) is 0.351. The molecule has 1 unspecified atom stereocenters. The molecule has 182 valence electrons. The molecule has 1 saturated heterocycles. The first-order valence-corrected chi connectivity index (χ1v) is 12.1. The van der Waals surface area contributed by atoms with Crippen LogP contribution in [0.2, 0.25) is 0 Å². The number of halogens is 1. The lowest BCUT2D eigenvalue weighted by Gasteiger charge is -2.35. The van der Waals surface area contributed by atoms with E-state index in [1.54, 1.807) is 30.3 Å². The van der Waals surface area contributed by atoms with Crippen LogP contribution in [0.4, 0.5) is 0 Å². The van der Waals surface area contributed by atoms with Crippen molar-refractivity contribution in [3.05, 3.63) is 58.6 Å². The average molecular weight is 533 g/mol. The Kier molecular flexibility index (Phi) is 9.75. The van der Waals surface area contributed by atoms with E-state index < -0.39 is 12.0 Å². The number of nitrogens with zero attached hydrogens (tertiary/aromatic N) is 1. The van der Waals surface area contributed by atoms with Crippen LogP contribution in [-0.2, 0) is 14.3 Å². The number of benzene rings is 2. The third kappa shape index (κ3) is 7.21. The topological polar surface area (TPSA) is 94.2 Å². The second-order valence-electron chi connectivity index (χ2n) is 7.73. The Labute approximate surface area is 207 Å². The number of hydrogen-bond acceptors (Lipinski definition) is 6. The average Bonchev–Trinajstić information content (AvgIpc) is 2.84. The molecule has 1 atom stereocenters. The van der Waals surface area contributed by atoms with Gasteiger partial charge in [0.25, 0.3) is 5.91 Å². The normalized spacial score (nSPS) is 15.4. The molecule has 2 aromatic rings.